The van der Waals surface area contributed by atoms with Crippen molar-refractivity contribution >= 4 is 11.3 Å². The molecule has 56 valence electrons. The van der Waals surface area contributed by atoms with Crippen LogP contribution in [0.1, 0.15) is 29.7 Å². The maximum Gasteiger partial charge on any atom is 0.0854 e. The molecular formula is C8H12OS. The molecule has 2 heteroatoms. The molecule has 0 fully saturated rings. The summed E-state index contributed by atoms with van der Waals surface area (Å²) in [6.07, 6.45) is 0.766. The van der Waals surface area contributed by atoms with E-state index in [4.69, 9.17) is 5.11 Å². The lowest BCUT2D eigenvalue weighted by Crippen LogP contribution is -1.83. The van der Waals surface area contributed by atoms with Crippen LogP contribution in [0.3, 0.4) is 0 Å². The summed E-state index contributed by atoms with van der Waals surface area (Å²) < 4.78 is 0. The summed E-state index contributed by atoms with van der Waals surface area (Å²) >= 11 is 1.69. The van der Waals surface area contributed by atoms with Crippen molar-refractivity contribution in [3.63, 3.8) is 0 Å². The highest BCUT2D eigenvalue weighted by atomic mass is 32.1. The van der Waals surface area contributed by atoms with Gasteiger partial charge in [0.15, 0.2) is 0 Å². The van der Waals surface area contributed by atoms with Gasteiger partial charge in [-0.1, -0.05) is 6.92 Å². The molecule has 0 bridgehead atoms. The molecule has 0 aliphatic rings. The number of aryl methyl sites for hydroxylation is 1. The molecule has 1 rings (SSSR count). The summed E-state index contributed by atoms with van der Waals surface area (Å²) in [5.74, 6) is 0. The van der Waals surface area contributed by atoms with Crippen molar-refractivity contribution in [2.75, 3.05) is 0 Å². The van der Waals surface area contributed by atoms with Crippen LogP contribution >= 0.6 is 11.3 Å². The SMILES string of the molecule is CCc1ccc([C@@H](C)O)s1. The van der Waals surface area contributed by atoms with Crippen LogP contribution in [-0.4, -0.2) is 5.11 Å². The van der Waals surface area contributed by atoms with Crippen LogP contribution in [0.15, 0.2) is 12.1 Å². The van der Waals surface area contributed by atoms with E-state index in [1.807, 2.05) is 6.07 Å². The predicted octanol–water partition coefficient (Wildman–Crippen LogP) is 2.36. The molecule has 0 aliphatic carbocycles. The highest BCUT2D eigenvalue weighted by Crippen LogP contribution is 2.22. The van der Waals surface area contributed by atoms with Crippen LogP contribution in [0.5, 0.6) is 0 Å². The van der Waals surface area contributed by atoms with E-state index in [2.05, 4.69) is 13.0 Å². The molecule has 10 heavy (non-hydrogen) atoms. The fourth-order valence-corrected chi connectivity index (χ4v) is 1.70. The van der Waals surface area contributed by atoms with Crippen LogP contribution in [0, 0.1) is 0 Å². The molecule has 0 unspecified atom stereocenters. The molecule has 1 atom stereocenters. The van der Waals surface area contributed by atoms with Gasteiger partial charge in [-0.2, -0.15) is 0 Å². The monoisotopic (exact) mass is 156 g/mol. The Morgan fingerprint density at radius 2 is 2.30 bits per heavy atom. The topological polar surface area (TPSA) is 20.2 Å². The summed E-state index contributed by atoms with van der Waals surface area (Å²) in [5, 5.41) is 9.14. The summed E-state index contributed by atoms with van der Waals surface area (Å²) in [7, 11) is 0. The zero-order valence-electron chi connectivity index (χ0n) is 6.29. The summed E-state index contributed by atoms with van der Waals surface area (Å²) in [5.41, 5.74) is 0. The third-order valence-corrected chi connectivity index (χ3v) is 2.84. The number of rotatable bonds is 2. The molecule has 0 amide bonds. The quantitative estimate of drug-likeness (QED) is 0.697. The van der Waals surface area contributed by atoms with Crippen molar-refractivity contribution in [3.05, 3.63) is 21.9 Å². The first-order chi connectivity index (χ1) is 4.74. The van der Waals surface area contributed by atoms with Crippen LogP contribution in [0.4, 0.5) is 0 Å². The van der Waals surface area contributed by atoms with E-state index in [9.17, 15) is 0 Å². The molecule has 0 aromatic carbocycles. The molecule has 1 nitrogen and oxygen atoms in total. The molecule has 1 aromatic rings. The van der Waals surface area contributed by atoms with Crippen LogP contribution in [0.2, 0.25) is 0 Å². The number of thiophene rings is 1. The number of hydrogen-bond donors (Lipinski definition) is 1. The Morgan fingerprint density at radius 1 is 1.60 bits per heavy atom. The van der Waals surface area contributed by atoms with Gasteiger partial charge >= 0.3 is 0 Å². The Kier molecular flexibility index (Phi) is 2.46. The lowest BCUT2D eigenvalue weighted by Gasteiger charge is -1.96. The van der Waals surface area contributed by atoms with E-state index in [1.54, 1.807) is 18.3 Å². The van der Waals surface area contributed by atoms with Crippen LogP contribution in [0.25, 0.3) is 0 Å². The molecule has 1 N–H and O–H groups in total. The lowest BCUT2D eigenvalue weighted by molar-refractivity contribution is 0.203. The zero-order chi connectivity index (χ0) is 7.56. The third-order valence-electron chi connectivity index (χ3n) is 1.44. The Hall–Kier alpha value is -0.340. The molecule has 0 saturated heterocycles. The molecule has 1 aromatic heterocycles. The maximum absolute atomic E-state index is 9.14. The van der Waals surface area contributed by atoms with Crippen molar-refractivity contribution in [1.29, 1.82) is 0 Å². The summed E-state index contributed by atoms with van der Waals surface area (Å²) in [6.45, 7) is 3.92. The van der Waals surface area contributed by atoms with Crippen molar-refractivity contribution < 1.29 is 5.11 Å². The van der Waals surface area contributed by atoms with E-state index in [-0.39, 0.29) is 6.10 Å². The van der Waals surface area contributed by atoms with Crippen molar-refractivity contribution in [2.45, 2.75) is 26.4 Å². The Bertz CT molecular complexity index is 203. The Balaban J connectivity index is 2.78. The Morgan fingerprint density at radius 3 is 2.60 bits per heavy atom. The first-order valence-electron chi connectivity index (χ1n) is 3.50. The highest BCUT2D eigenvalue weighted by Gasteiger charge is 2.02. The van der Waals surface area contributed by atoms with E-state index < -0.39 is 0 Å². The van der Waals surface area contributed by atoms with Crippen molar-refractivity contribution in [3.8, 4) is 0 Å². The minimum Gasteiger partial charge on any atom is -0.388 e. The molecule has 1 heterocycles. The van der Waals surface area contributed by atoms with Gasteiger partial charge in [-0.15, -0.1) is 11.3 Å². The summed E-state index contributed by atoms with van der Waals surface area (Å²) in [6, 6.07) is 4.07. The molecule has 0 radical (unpaired) electrons. The van der Waals surface area contributed by atoms with Gasteiger partial charge in [-0.25, -0.2) is 0 Å². The van der Waals surface area contributed by atoms with E-state index >= 15 is 0 Å². The van der Waals surface area contributed by atoms with Gasteiger partial charge in [0.05, 0.1) is 6.10 Å². The normalized spacial score (nSPS) is 13.5. The largest absolute Gasteiger partial charge is 0.388 e. The summed E-state index contributed by atoms with van der Waals surface area (Å²) in [4.78, 5) is 2.41. The Labute approximate surface area is 65.3 Å². The smallest absolute Gasteiger partial charge is 0.0854 e. The average Bonchev–Trinajstić information content (AvgIpc) is 2.34. The third kappa shape index (κ3) is 1.58. The maximum atomic E-state index is 9.14. The van der Waals surface area contributed by atoms with E-state index in [1.165, 1.54) is 4.88 Å². The van der Waals surface area contributed by atoms with Crippen LogP contribution in [-0.2, 0) is 6.42 Å². The molecule has 0 saturated carbocycles. The number of aliphatic hydroxyl groups excluding tert-OH is 1. The molecule has 0 aliphatic heterocycles. The van der Waals surface area contributed by atoms with Crippen molar-refractivity contribution in [2.24, 2.45) is 0 Å². The van der Waals surface area contributed by atoms with Gasteiger partial charge < -0.3 is 5.11 Å². The first-order valence-corrected chi connectivity index (χ1v) is 4.32. The van der Waals surface area contributed by atoms with Gasteiger partial charge in [0.1, 0.15) is 0 Å². The second-order valence-electron chi connectivity index (χ2n) is 2.33. The van der Waals surface area contributed by atoms with Gasteiger partial charge in [-0.05, 0) is 25.5 Å². The van der Waals surface area contributed by atoms with Crippen molar-refractivity contribution in [1.82, 2.24) is 0 Å². The minimum absolute atomic E-state index is 0.301. The molecular weight excluding hydrogens is 144 g/mol. The van der Waals surface area contributed by atoms with E-state index in [0.717, 1.165) is 11.3 Å². The predicted molar refractivity (Wildman–Crippen MR) is 44.3 cm³/mol. The number of aliphatic hydroxyl groups is 1. The standard InChI is InChI=1S/C8H12OS/c1-3-7-4-5-8(10-7)6(2)9/h4-6,9H,3H2,1-2H3/t6-/m1/s1. The fraction of sp³-hybridized carbons (Fsp3) is 0.500. The lowest BCUT2D eigenvalue weighted by atomic mass is 10.3. The second-order valence-corrected chi connectivity index (χ2v) is 3.53. The second kappa shape index (κ2) is 3.17. The fourth-order valence-electron chi connectivity index (χ4n) is 0.809. The number of hydrogen-bond acceptors (Lipinski definition) is 2. The van der Waals surface area contributed by atoms with E-state index in [0.29, 0.717) is 0 Å². The van der Waals surface area contributed by atoms with Gasteiger partial charge in [0.25, 0.3) is 0 Å². The van der Waals surface area contributed by atoms with Crippen LogP contribution < -0.4 is 0 Å². The highest BCUT2D eigenvalue weighted by molar-refractivity contribution is 7.12. The first kappa shape index (κ1) is 7.76. The van der Waals surface area contributed by atoms with Gasteiger partial charge in [0.2, 0.25) is 0 Å². The van der Waals surface area contributed by atoms with Gasteiger partial charge in [-0.3, -0.25) is 0 Å². The zero-order valence-corrected chi connectivity index (χ0v) is 7.11. The molecule has 0 spiro atoms. The minimum atomic E-state index is -0.301. The van der Waals surface area contributed by atoms with Gasteiger partial charge in [0, 0.05) is 9.75 Å². The average molecular weight is 156 g/mol.